The molecule has 0 bridgehead atoms. The van der Waals surface area contributed by atoms with Crippen molar-refractivity contribution in [3.63, 3.8) is 0 Å². The smallest absolute Gasteiger partial charge is 0.230 e. The van der Waals surface area contributed by atoms with Crippen LogP contribution in [-0.4, -0.2) is 31.0 Å². The summed E-state index contributed by atoms with van der Waals surface area (Å²) in [5.41, 5.74) is 4.57. The molecule has 1 fully saturated rings. The van der Waals surface area contributed by atoms with Crippen molar-refractivity contribution in [2.24, 2.45) is 0 Å². The van der Waals surface area contributed by atoms with Crippen LogP contribution >= 0.6 is 0 Å². The number of aromatic nitrogens is 5. The molecule has 1 atom stereocenters. The zero-order valence-electron chi connectivity index (χ0n) is 17.8. The number of hydrogen-bond donors (Lipinski definition) is 2. The van der Waals surface area contributed by atoms with Gasteiger partial charge in [0.25, 0.3) is 0 Å². The van der Waals surface area contributed by atoms with Gasteiger partial charge in [-0.1, -0.05) is 32.3 Å². The molecule has 0 saturated heterocycles. The van der Waals surface area contributed by atoms with E-state index in [4.69, 9.17) is 9.97 Å². The van der Waals surface area contributed by atoms with Gasteiger partial charge in [0, 0.05) is 48.2 Å². The van der Waals surface area contributed by atoms with Gasteiger partial charge in [-0.05, 0) is 30.5 Å². The van der Waals surface area contributed by atoms with Crippen molar-refractivity contribution in [1.82, 2.24) is 29.8 Å². The largest absolute Gasteiger partial charge is 0.321 e. The quantitative estimate of drug-likeness (QED) is 0.501. The fraction of sp³-hybridized carbons (Fsp3) is 0.417. The van der Waals surface area contributed by atoms with Gasteiger partial charge >= 0.3 is 0 Å². The molecule has 1 aliphatic carbocycles. The van der Waals surface area contributed by atoms with E-state index >= 15 is 0 Å². The molecule has 5 heterocycles. The first kappa shape index (κ1) is 18.7. The highest BCUT2D eigenvalue weighted by Crippen LogP contribution is 2.36. The van der Waals surface area contributed by atoms with E-state index in [9.17, 15) is 0 Å². The molecule has 0 amide bonds. The van der Waals surface area contributed by atoms with Crippen molar-refractivity contribution in [2.75, 3.05) is 11.9 Å². The first-order valence-electron chi connectivity index (χ1n) is 11.4. The van der Waals surface area contributed by atoms with E-state index in [0.717, 1.165) is 41.2 Å². The van der Waals surface area contributed by atoms with Crippen LogP contribution in [0.2, 0.25) is 0 Å². The van der Waals surface area contributed by atoms with Crippen LogP contribution in [0.1, 0.15) is 62.2 Å². The Kier molecular flexibility index (Phi) is 4.56. The fourth-order valence-corrected chi connectivity index (χ4v) is 5.22. The third kappa shape index (κ3) is 3.24. The molecule has 7 nitrogen and oxygen atoms in total. The molecular formula is C24H27N7. The lowest BCUT2D eigenvalue weighted by molar-refractivity contribution is 0.366. The van der Waals surface area contributed by atoms with Gasteiger partial charge in [0.1, 0.15) is 11.5 Å². The second-order valence-corrected chi connectivity index (χ2v) is 8.88. The van der Waals surface area contributed by atoms with Crippen LogP contribution in [0, 0.1) is 0 Å². The van der Waals surface area contributed by atoms with Crippen LogP contribution < -0.4 is 10.6 Å². The summed E-state index contributed by atoms with van der Waals surface area (Å²) in [5.74, 6) is 1.79. The Morgan fingerprint density at radius 1 is 1.03 bits per heavy atom. The molecule has 1 saturated carbocycles. The first-order valence-corrected chi connectivity index (χ1v) is 11.4. The van der Waals surface area contributed by atoms with Gasteiger partial charge in [0.2, 0.25) is 5.95 Å². The Hall–Kier alpha value is -3.06. The summed E-state index contributed by atoms with van der Waals surface area (Å²) in [7, 11) is 0. The van der Waals surface area contributed by atoms with Crippen molar-refractivity contribution >= 4 is 33.7 Å². The van der Waals surface area contributed by atoms with Gasteiger partial charge in [-0.15, -0.1) is 0 Å². The molecule has 4 aromatic rings. The minimum absolute atomic E-state index is 0.398. The Bertz CT molecular complexity index is 1260. The molecule has 0 radical (unpaired) electrons. The molecular weight excluding hydrogens is 386 g/mol. The third-order valence-corrected chi connectivity index (χ3v) is 6.77. The number of nitrogens with zero attached hydrogens (tertiary/aromatic N) is 5. The zero-order chi connectivity index (χ0) is 20.8. The van der Waals surface area contributed by atoms with Gasteiger partial charge in [0.05, 0.1) is 17.4 Å². The van der Waals surface area contributed by atoms with Gasteiger partial charge in [-0.25, -0.2) is 9.97 Å². The molecule has 6 rings (SSSR count). The molecule has 1 unspecified atom stereocenters. The molecule has 31 heavy (non-hydrogen) atoms. The maximum Gasteiger partial charge on any atom is 0.230 e. The van der Waals surface area contributed by atoms with E-state index in [-0.39, 0.29) is 0 Å². The van der Waals surface area contributed by atoms with Crippen LogP contribution in [0.4, 0.5) is 11.8 Å². The van der Waals surface area contributed by atoms with Crippen LogP contribution in [0.15, 0.2) is 36.8 Å². The van der Waals surface area contributed by atoms with Crippen molar-refractivity contribution in [3.8, 4) is 0 Å². The van der Waals surface area contributed by atoms with Crippen LogP contribution in [-0.2, 0) is 6.54 Å². The molecule has 2 N–H and O–H groups in total. The highest BCUT2D eigenvalue weighted by Gasteiger charge is 2.22. The minimum atomic E-state index is 0.398. The van der Waals surface area contributed by atoms with E-state index in [1.54, 1.807) is 0 Å². The summed E-state index contributed by atoms with van der Waals surface area (Å²) >= 11 is 0. The third-order valence-electron chi connectivity index (χ3n) is 6.77. The fourth-order valence-electron chi connectivity index (χ4n) is 5.22. The summed E-state index contributed by atoms with van der Waals surface area (Å²) in [6, 6.07) is 6.72. The van der Waals surface area contributed by atoms with E-state index in [2.05, 4.69) is 44.2 Å². The lowest BCUT2D eigenvalue weighted by Gasteiger charge is -2.24. The average Bonchev–Trinajstić information content (AvgIpc) is 3.14. The standard InChI is InChI=1S/C24H27N7/c1-15-11-26-12-16-7-8-21(28-22(15)16)29-24-27-13-19-18-9-10-25-14-20(18)31(23(19)30-24)17-5-3-2-4-6-17/h7-10,13-15,17,26H,2-6,11-12H2,1H3,(H,27,28,29,30). The SMILES string of the molecule is CC1CNCc2ccc(Nc3ncc4c5ccncc5n(C5CCCCC5)c4n3)nc21. The molecule has 7 heteroatoms. The lowest BCUT2D eigenvalue weighted by atomic mass is 9.95. The van der Waals surface area contributed by atoms with E-state index in [1.807, 2.05) is 24.7 Å². The maximum atomic E-state index is 4.97. The van der Waals surface area contributed by atoms with Crippen molar-refractivity contribution in [3.05, 3.63) is 48.0 Å². The highest BCUT2D eigenvalue weighted by atomic mass is 15.2. The van der Waals surface area contributed by atoms with E-state index < -0.39 is 0 Å². The summed E-state index contributed by atoms with van der Waals surface area (Å²) in [4.78, 5) is 18.9. The molecule has 4 aromatic heterocycles. The first-order chi connectivity index (χ1) is 15.3. The van der Waals surface area contributed by atoms with Gasteiger partial charge in [-0.2, -0.15) is 4.98 Å². The Morgan fingerprint density at radius 2 is 1.94 bits per heavy atom. The highest BCUT2D eigenvalue weighted by molar-refractivity contribution is 6.06. The molecule has 0 aromatic carbocycles. The number of nitrogens with one attached hydrogen (secondary N) is 2. The number of hydrogen-bond acceptors (Lipinski definition) is 6. The monoisotopic (exact) mass is 413 g/mol. The maximum absolute atomic E-state index is 4.97. The summed E-state index contributed by atoms with van der Waals surface area (Å²) in [5, 5.41) is 9.06. The van der Waals surface area contributed by atoms with Crippen molar-refractivity contribution in [2.45, 2.75) is 57.5 Å². The van der Waals surface area contributed by atoms with Crippen LogP contribution in [0.3, 0.4) is 0 Å². The Labute approximate surface area is 181 Å². The van der Waals surface area contributed by atoms with Crippen molar-refractivity contribution < 1.29 is 0 Å². The molecule has 0 spiro atoms. The lowest BCUT2D eigenvalue weighted by Crippen LogP contribution is -2.27. The second-order valence-electron chi connectivity index (χ2n) is 8.88. The number of anilines is 2. The Balaban J connectivity index is 1.42. The molecule has 2 aliphatic rings. The number of fused-ring (bicyclic) bond motifs is 4. The molecule has 1 aliphatic heterocycles. The van der Waals surface area contributed by atoms with Gasteiger partial charge in [-0.3, -0.25) is 4.98 Å². The average molecular weight is 414 g/mol. The topological polar surface area (TPSA) is 80.5 Å². The number of rotatable bonds is 3. The predicted octanol–water partition coefficient (Wildman–Crippen LogP) is 4.83. The molecule has 158 valence electrons. The van der Waals surface area contributed by atoms with E-state index in [0.29, 0.717) is 17.9 Å². The summed E-state index contributed by atoms with van der Waals surface area (Å²) < 4.78 is 2.40. The van der Waals surface area contributed by atoms with E-state index in [1.165, 1.54) is 43.1 Å². The normalized spacial score (nSPS) is 19.6. The second kappa shape index (κ2) is 7.57. The van der Waals surface area contributed by atoms with Crippen molar-refractivity contribution in [1.29, 1.82) is 0 Å². The van der Waals surface area contributed by atoms with Crippen LogP contribution in [0.25, 0.3) is 21.9 Å². The minimum Gasteiger partial charge on any atom is -0.321 e. The van der Waals surface area contributed by atoms with Crippen LogP contribution in [0.5, 0.6) is 0 Å². The zero-order valence-corrected chi connectivity index (χ0v) is 17.8. The summed E-state index contributed by atoms with van der Waals surface area (Å²) in [6.45, 7) is 4.05. The Morgan fingerprint density at radius 3 is 2.84 bits per heavy atom. The predicted molar refractivity (Wildman–Crippen MR) is 123 cm³/mol. The summed E-state index contributed by atoms with van der Waals surface area (Å²) in [6.07, 6.45) is 12.0. The number of pyridine rings is 2. The van der Waals surface area contributed by atoms with Gasteiger partial charge < -0.3 is 15.2 Å². The van der Waals surface area contributed by atoms with Gasteiger partial charge in [0.15, 0.2) is 0 Å².